The third-order valence-corrected chi connectivity index (χ3v) is 4.91. The van der Waals surface area contributed by atoms with Gasteiger partial charge in [-0.1, -0.05) is 18.2 Å². The number of hydrogen-bond acceptors (Lipinski definition) is 4. The van der Waals surface area contributed by atoms with Crippen LogP contribution in [0.25, 0.3) is 0 Å². The third kappa shape index (κ3) is 5.47. The van der Waals surface area contributed by atoms with E-state index in [-0.39, 0.29) is 11.8 Å². The van der Waals surface area contributed by atoms with Gasteiger partial charge in [0.15, 0.2) is 0 Å². The summed E-state index contributed by atoms with van der Waals surface area (Å²) in [6.07, 6.45) is 1.75. The molecule has 1 amide bonds. The lowest BCUT2D eigenvalue weighted by Crippen LogP contribution is -2.37. The summed E-state index contributed by atoms with van der Waals surface area (Å²) in [5.41, 5.74) is 2.04. The molecule has 1 heterocycles. The van der Waals surface area contributed by atoms with Crippen LogP contribution in [0.1, 0.15) is 25.3 Å². The van der Waals surface area contributed by atoms with E-state index in [0.717, 1.165) is 49.7 Å². The number of ether oxygens (including phenoxy) is 2. The fourth-order valence-electron chi connectivity index (χ4n) is 3.46. The van der Waals surface area contributed by atoms with Crippen LogP contribution in [0.3, 0.4) is 0 Å². The first-order chi connectivity index (χ1) is 13.2. The molecule has 0 bridgehead atoms. The smallest absolute Gasteiger partial charge is 0.227 e. The van der Waals surface area contributed by atoms with Gasteiger partial charge in [0.1, 0.15) is 11.5 Å². The van der Waals surface area contributed by atoms with Gasteiger partial charge < -0.3 is 14.8 Å². The number of carbonyl (C=O) groups excluding carboxylic acids is 1. The second kappa shape index (κ2) is 9.42. The van der Waals surface area contributed by atoms with E-state index in [0.29, 0.717) is 6.61 Å². The van der Waals surface area contributed by atoms with Gasteiger partial charge in [0.25, 0.3) is 0 Å². The van der Waals surface area contributed by atoms with Crippen LogP contribution in [0, 0.1) is 5.92 Å². The van der Waals surface area contributed by atoms with Crippen molar-refractivity contribution in [1.82, 2.24) is 4.90 Å². The fraction of sp³-hybridized carbons (Fsp3) is 0.409. The zero-order valence-electron chi connectivity index (χ0n) is 16.1. The zero-order chi connectivity index (χ0) is 19.1. The minimum Gasteiger partial charge on any atom is -0.497 e. The number of anilines is 1. The van der Waals surface area contributed by atoms with Crippen LogP contribution in [0.2, 0.25) is 0 Å². The van der Waals surface area contributed by atoms with E-state index in [1.54, 1.807) is 7.11 Å². The van der Waals surface area contributed by atoms with Crippen LogP contribution in [-0.4, -0.2) is 37.6 Å². The molecule has 2 aromatic carbocycles. The molecular formula is C22H28N2O3. The number of hydrogen-bond donors (Lipinski definition) is 1. The van der Waals surface area contributed by atoms with Crippen molar-refractivity contribution in [3.05, 3.63) is 54.1 Å². The number of nitrogens with zero attached hydrogens (tertiary/aromatic N) is 1. The number of piperidine rings is 1. The molecule has 1 saturated heterocycles. The maximum absolute atomic E-state index is 12.6. The first-order valence-electron chi connectivity index (χ1n) is 9.57. The summed E-state index contributed by atoms with van der Waals surface area (Å²) >= 11 is 0. The van der Waals surface area contributed by atoms with E-state index >= 15 is 0 Å². The predicted molar refractivity (Wildman–Crippen MR) is 107 cm³/mol. The lowest BCUT2D eigenvalue weighted by Gasteiger charge is -2.31. The highest BCUT2D eigenvalue weighted by Crippen LogP contribution is 2.23. The van der Waals surface area contributed by atoms with Crippen LogP contribution in [0.15, 0.2) is 48.5 Å². The minimum absolute atomic E-state index is 0.0576. The Bertz CT molecular complexity index is 755. The topological polar surface area (TPSA) is 50.8 Å². The summed E-state index contributed by atoms with van der Waals surface area (Å²) < 4.78 is 10.8. The number of rotatable bonds is 7. The summed E-state index contributed by atoms with van der Waals surface area (Å²) in [6, 6.07) is 15.7. The average molecular weight is 368 g/mol. The lowest BCUT2D eigenvalue weighted by molar-refractivity contribution is -0.121. The summed E-state index contributed by atoms with van der Waals surface area (Å²) in [4.78, 5) is 15.0. The standard InChI is InChI=1S/C22H28N2O3/c1-3-27-21-9-4-6-17(14-21)16-24-12-10-18(11-13-24)22(25)23-19-7-5-8-20(15-19)26-2/h4-9,14-15,18H,3,10-13,16H2,1-2H3,(H,23,25). The number of amides is 1. The third-order valence-electron chi connectivity index (χ3n) is 4.91. The maximum Gasteiger partial charge on any atom is 0.227 e. The predicted octanol–water partition coefficient (Wildman–Crippen LogP) is 3.94. The average Bonchev–Trinajstić information content (AvgIpc) is 2.69. The van der Waals surface area contributed by atoms with Crippen molar-refractivity contribution in [2.24, 2.45) is 5.92 Å². The molecule has 1 aliphatic heterocycles. The number of carbonyl (C=O) groups is 1. The van der Waals surface area contributed by atoms with Crippen LogP contribution in [-0.2, 0) is 11.3 Å². The van der Waals surface area contributed by atoms with Crippen molar-refractivity contribution in [3.63, 3.8) is 0 Å². The number of nitrogens with one attached hydrogen (secondary N) is 1. The highest BCUT2D eigenvalue weighted by Gasteiger charge is 2.25. The SMILES string of the molecule is CCOc1cccc(CN2CCC(C(=O)Nc3cccc(OC)c3)CC2)c1. The Labute approximate surface area is 161 Å². The van der Waals surface area contributed by atoms with Crippen LogP contribution >= 0.6 is 0 Å². The van der Waals surface area contributed by atoms with Crippen molar-refractivity contribution in [3.8, 4) is 11.5 Å². The van der Waals surface area contributed by atoms with Gasteiger partial charge in [-0.15, -0.1) is 0 Å². The van der Waals surface area contributed by atoms with Gasteiger partial charge in [-0.2, -0.15) is 0 Å². The van der Waals surface area contributed by atoms with E-state index in [1.807, 2.05) is 43.3 Å². The van der Waals surface area contributed by atoms with Gasteiger partial charge in [0, 0.05) is 24.2 Å². The Morgan fingerprint density at radius 1 is 1.11 bits per heavy atom. The summed E-state index contributed by atoms with van der Waals surface area (Å²) in [6.45, 7) is 5.42. The Hall–Kier alpha value is -2.53. The molecule has 0 radical (unpaired) electrons. The fourth-order valence-corrected chi connectivity index (χ4v) is 3.46. The Balaban J connectivity index is 1.49. The summed E-state index contributed by atoms with van der Waals surface area (Å²) in [5.74, 6) is 1.82. The number of methoxy groups -OCH3 is 1. The first kappa shape index (κ1) is 19.2. The van der Waals surface area contributed by atoms with E-state index in [4.69, 9.17) is 9.47 Å². The molecule has 2 aromatic rings. The largest absolute Gasteiger partial charge is 0.497 e. The van der Waals surface area contributed by atoms with E-state index in [2.05, 4.69) is 22.3 Å². The van der Waals surface area contributed by atoms with E-state index in [1.165, 1.54) is 5.56 Å². The second-order valence-corrected chi connectivity index (χ2v) is 6.85. The van der Waals surface area contributed by atoms with Gasteiger partial charge in [0.2, 0.25) is 5.91 Å². The van der Waals surface area contributed by atoms with Gasteiger partial charge in [-0.3, -0.25) is 9.69 Å². The van der Waals surface area contributed by atoms with Crippen molar-refractivity contribution < 1.29 is 14.3 Å². The van der Waals surface area contributed by atoms with Crippen LogP contribution < -0.4 is 14.8 Å². The lowest BCUT2D eigenvalue weighted by atomic mass is 9.95. The maximum atomic E-state index is 12.6. The quantitative estimate of drug-likeness (QED) is 0.804. The number of benzene rings is 2. The Morgan fingerprint density at radius 3 is 2.59 bits per heavy atom. The molecule has 5 heteroatoms. The van der Waals surface area contributed by atoms with Gasteiger partial charge >= 0.3 is 0 Å². The molecule has 0 unspecified atom stereocenters. The molecular weight excluding hydrogens is 340 g/mol. The van der Waals surface area contributed by atoms with Crippen LogP contribution in [0.5, 0.6) is 11.5 Å². The van der Waals surface area contributed by atoms with E-state index < -0.39 is 0 Å². The molecule has 0 spiro atoms. The van der Waals surface area contributed by atoms with Crippen molar-refractivity contribution in [1.29, 1.82) is 0 Å². The van der Waals surface area contributed by atoms with Crippen molar-refractivity contribution in [2.45, 2.75) is 26.3 Å². The minimum atomic E-state index is 0.0576. The first-order valence-corrected chi connectivity index (χ1v) is 9.57. The molecule has 3 rings (SSSR count). The van der Waals surface area contributed by atoms with E-state index in [9.17, 15) is 4.79 Å². The summed E-state index contributed by atoms with van der Waals surface area (Å²) in [7, 11) is 1.63. The van der Waals surface area contributed by atoms with Gasteiger partial charge in [-0.05, 0) is 62.7 Å². The molecule has 144 valence electrons. The molecule has 5 nitrogen and oxygen atoms in total. The molecule has 1 N–H and O–H groups in total. The molecule has 1 aliphatic rings. The Kier molecular flexibility index (Phi) is 6.71. The monoisotopic (exact) mass is 368 g/mol. The zero-order valence-corrected chi connectivity index (χ0v) is 16.1. The van der Waals surface area contributed by atoms with Gasteiger partial charge in [-0.25, -0.2) is 0 Å². The Morgan fingerprint density at radius 2 is 1.85 bits per heavy atom. The molecule has 0 aliphatic carbocycles. The molecule has 0 saturated carbocycles. The highest BCUT2D eigenvalue weighted by molar-refractivity contribution is 5.92. The molecule has 1 fully saturated rings. The highest BCUT2D eigenvalue weighted by atomic mass is 16.5. The summed E-state index contributed by atoms with van der Waals surface area (Å²) in [5, 5.41) is 3.02. The second-order valence-electron chi connectivity index (χ2n) is 6.85. The van der Waals surface area contributed by atoms with Crippen molar-refractivity contribution >= 4 is 11.6 Å². The van der Waals surface area contributed by atoms with Crippen molar-refractivity contribution in [2.75, 3.05) is 32.1 Å². The molecule has 0 aromatic heterocycles. The van der Waals surface area contributed by atoms with Crippen LogP contribution in [0.4, 0.5) is 5.69 Å². The number of likely N-dealkylation sites (tertiary alicyclic amines) is 1. The normalized spacial score (nSPS) is 15.3. The molecule has 0 atom stereocenters. The van der Waals surface area contributed by atoms with Gasteiger partial charge in [0.05, 0.1) is 13.7 Å². The molecule has 27 heavy (non-hydrogen) atoms.